The summed E-state index contributed by atoms with van der Waals surface area (Å²) in [5.41, 5.74) is 0.828. The third-order valence-electron chi connectivity index (χ3n) is 5.83. The molecule has 3 rings (SSSR count). The highest BCUT2D eigenvalue weighted by Crippen LogP contribution is 2.35. The Morgan fingerprint density at radius 2 is 1.70 bits per heavy atom. The van der Waals surface area contributed by atoms with Crippen LogP contribution < -0.4 is 5.32 Å². The molecule has 1 heterocycles. The first-order valence-electron chi connectivity index (χ1n) is 10.1. The van der Waals surface area contributed by atoms with Gasteiger partial charge in [-0.3, -0.25) is 24.1 Å². The maximum absolute atomic E-state index is 13.0. The number of hydrogen-bond acceptors (Lipinski definition) is 4. The number of likely N-dealkylation sites (N-methyl/N-ethyl adjacent to an activating group) is 1. The summed E-state index contributed by atoms with van der Waals surface area (Å²) in [6.45, 7) is 1.90. The van der Waals surface area contributed by atoms with Crippen LogP contribution in [0.2, 0.25) is 5.02 Å². The van der Waals surface area contributed by atoms with Crippen molar-refractivity contribution in [3.05, 3.63) is 47.0 Å². The molecule has 1 saturated heterocycles. The number of likely N-dealkylation sites (tertiary alicyclic amines) is 1. The summed E-state index contributed by atoms with van der Waals surface area (Å²) in [6.07, 6.45) is 4.96. The Hall–Kier alpha value is -2.67. The van der Waals surface area contributed by atoms with Gasteiger partial charge in [0.15, 0.2) is 0 Å². The lowest BCUT2D eigenvalue weighted by molar-refractivity contribution is -0.143. The van der Waals surface area contributed by atoms with E-state index in [1.54, 1.807) is 31.2 Å². The highest BCUT2D eigenvalue weighted by Gasteiger charge is 2.47. The molecular weight excluding hydrogens is 406 g/mol. The summed E-state index contributed by atoms with van der Waals surface area (Å²) in [5, 5.41) is 3.14. The summed E-state index contributed by atoms with van der Waals surface area (Å²) in [4.78, 5) is 53.1. The second kappa shape index (κ2) is 9.43. The third kappa shape index (κ3) is 4.56. The van der Waals surface area contributed by atoms with Gasteiger partial charge in [-0.15, -0.1) is 0 Å². The van der Waals surface area contributed by atoms with Gasteiger partial charge in [0.2, 0.25) is 23.6 Å². The van der Waals surface area contributed by atoms with E-state index < -0.39 is 6.04 Å². The first kappa shape index (κ1) is 22.0. The highest BCUT2D eigenvalue weighted by atomic mass is 35.5. The van der Waals surface area contributed by atoms with Crippen molar-refractivity contribution in [1.82, 2.24) is 15.1 Å². The van der Waals surface area contributed by atoms with E-state index in [2.05, 4.69) is 5.32 Å². The fraction of sp³-hybridized carbons (Fsp3) is 0.455. The lowest BCUT2D eigenvalue weighted by Crippen LogP contribution is -2.47. The Morgan fingerprint density at radius 1 is 1.13 bits per heavy atom. The van der Waals surface area contributed by atoms with Gasteiger partial charge in [0, 0.05) is 31.6 Å². The van der Waals surface area contributed by atoms with Crippen molar-refractivity contribution in [2.24, 2.45) is 11.8 Å². The quantitative estimate of drug-likeness (QED) is 0.529. The average Bonchev–Trinajstić information content (AvgIpc) is 3.00. The molecule has 8 heteroatoms. The van der Waals surface area contributed by atoms with Gasteiger partial charge in [-0.1, -0.05) is 35.9 Å². The number of hydrogen-bond donors (Lipinski definition) is 1. The lowest BCUT2D eigenvalue weighted by Gasteiger charge is -2.29. The number of carbonyl (C=O) groups is 4. The second-order valence-electron chi connectivity index (χ2n) is 7.67. The van der Waals surface area contributed by atoms with E-state index in [0.717, 1.165) is 5.56 Å². The highest BCUT2D eigenvalue weighted by molar-refractivity contribution is 6.30. The van der Waals surface area contributed by atoms with Crippen molar-refractivity contribution in [3.63, 3.8) is 0 Å². The van der Waals surface area contributed by atoms with Crippen molar-refractivity contribution >= 4 is 35.2 Å². The van der Waals surface area contributed by atoms with Crippen LogP contribution in [0.3, 0.4) is 0 Å². The number of imide groups is 1. The van der Waals surface area contributed by atoms with Crippen LogP contribution >= 0.6 is 11.6 Å². The molecule has 30 heavy (non-hydrogen) atoms. The summed E-state index contributed by atoms with van der Waals surface area (Å²) >= 11 is 5.93. The van der Waals surface area contributed by atoms with Crippen LogP contribution in [-0.2, 0) is 25.7 Å². The van der Waals surface area contributed by atoms with Crippen molar-refractivity contribution in [2.45, 2.75) is 38.8 Å². The van der Waals surface area contributed by atoms with Crippen LogP contribution in [0.1, 0.15) is 31.7 Å². The van der Waals surface area contributed by atoms with Gasteiger partial charge in [0.05, 0.1) is 11.8 Å². The zero-order valence-electron chi connectivity index (χ0n) is 17.1. The lowest BCUT2D eigenvalue weighted by atomic mass is 9.85. The molecule has 0 radical (unpaired) electrons. The first-order valence-corrected chi connectivity index (χ1v) is 10.5. The molecule has 7 nitrogen and oxygen atoms in total. The van der Waals surface area contributed by atoms with E-state index in [1.807, 2.05) is 12.2 Å². The Kier molecular flexibility index (Phi) is 6.92. The summed E-state index contributed by atoms with van der Waals surface area (Å²) in [5.74, 6) is -1.62. The van der Waals surface area contributed by atoms with Crippen molar-refractivity contribution in [3.8, 4) is 0 Å². The van der Waals surface area contributed by atoms with Gasteiger partial charge < -0.3 is 10.2 Å². The van der Waals surface area contributed by atoms with Crippen LogP contribution in [-0.4, -0.2) is 53.1 Å². The molecule has 4 amide bonds. The van der Waals surface area contributed by atoms with Crippen molar-refractivity contribution < 1.29 is 19.2 Å². The van der Waals surface area contributed by atoms with Gasteiger partial charge in [-0.2, -0.15) is 0 Å². The Labute approximate surface area is 181 Å². The molecule has 2 aliphatic rings. The molecule has 1 aliphatic carbocycles. The van der Waals surface area contributed by atoms with Crippen molar-refractivity contribution in [2.75, 3.05) is 13.6 Å². The molecular formula is C22H26ClN3O4. The van der Waals surface area contributed by atoms with E-state index in [9.17, 15) is 19.2 Å². The summed E-state index contributed by atoms with van der Waals surface area (Å²) < 4.78 is 0. The number of benzene rings is 1. The largest absolute Gasteiger partial charge is 0.357 e. The first-order chi connectivity index (χ1) is 14.3. The van der Waals surface area contributed by atoms with Gasteiger partial charge in [0.25, 0.3) is 0 Å². The van der Waals surface area contributed by atoms with Gasteiger partial charge in [0.1, 0.15) is 6.04 Å². The molecule has 1 aromatic rings. The SMILES string of the molecule is CNC(=O)[C@H](C)N(Cc1ccc(Cl)cc1)C(=O)CCN1C(=O)[C@H]2CC=CC[C@H]2C1=O. The summed E-state index contributed by atoms with van der Waals surface area (Å²) in [7, 11) is 1.52. The van der Waals surface area contributed by atoms with E-state index in [-0.39, 0.29) is 55.0 Å². The Bertz CT molecular complexity index is 842. The number of nitrogens with one attached hydrogen (secondary N) is 1. The van der Waals surface area contributed by atoms with E-state index >= 15 is 0 Å². The number of nitrogens with zero attached hydrogens (tertiary/aromatic N) is 2. The van der Waals surface area contributed by atoms with Gasteiger partial charge in [-0.05, 0) is 37.5 Å². The van der Waals surface area contributed by atoms with Crippen LogP contribution in [0, 0.1) is 11.8 Å². The van der Waals surface area contributed by atoms with Crippen LogP contribution in [0.4, 0.5) is 0 Å². The summed E-state index contributed by atoms with van der Waals surface area (Å²) in [6, 6.07) is 6.34. The number of allylic oxidation sites excluding steroid dienone is 2. The predicted molar refractivity (Wildman–Crippen MR) is 112 cm³/mol. The monoisotopic (exact) mass is 431 g/mol. The maximum Gasteiger partial charge on any atom is 0.242 e. The number of halogens is 1. The predicted octanol–water partition coefficient (Wildman–Crippen LogP) is 2.14. The van der Waals surface area contributed by atoms with Gasteiger partial charge >= 0.3 is 0 Å². The fourth-order valence-electron chi connectivity index (χ4n) is 4.02. The van der Waals surface area contributed by atoms with E-state index in [0.29, 0.717) is 17.9 Å². The number of carbonyl (C=O) groups excluding carboxylic acids is 4. The minimum absolute atomic E-state index is 0.0285. The molecule has 0 bridgehead atoms. The molecule has 0 spiro atoms. The van der Waals surface area contributed by atoms with Crippen LogP contribution in [0.15, 0.2) is 36.4 Å². The minimum Gasteiger partial charge on any atom is -0.357 e. The van der Waals surface area contributed by atoms with E-state index in [4.69, 9.17) is 11.6 Å². The second-order valence-corrected chi connectivity index (χ2v) is 8.11. The smallest absolute Gasteiger partial charge is 0.242 e. The molecule has 1 aliphatic heterocycles. The minimum atomic E-state index is -0.699. The third-order valence-corrected chi connectivity index (χ3v) is 6.08. The standard InChI is InChI=1S/C22H26ClN3O4/c1-14(20(28)24-2)26(13-15-7-9-16(23)10-8-15)19(27)11-12-25-21(29)17-5-3-4-6-18(17)22(25)30/h3-4,7-10,14,17-18H,5-6,11-13H2,1-2H3,(H,24,28)/t14-,17-,18+/m0/s1. The molecule has 0 saturated carbocycles. The van der Waals surface area contributed by atoms with Crippen LogP contribution in [0.5, 0.6) is 0 Å². The normalized spacial score (nSPS) is 21.4. The fourth-order valence-corrected chi connectivity index (χ4v) is 4.14. The molecule has 1 N–H and O–H groups in total. The zero-order chi connectivity index (χ0) is 21.8. The maximum atomic E-state index is 13.0. The van der Waals surface area contributed by atoms with Crippen LogP contribution in [0.25, 0.3) is 0 Å². The number of amides is 4. The zero-order valence-corrected chi connectivity index (χ0v) is 17.9. The molecule has 0 unspecified atom stereocenters. The molecule has 0 aromatic heterocycles. The molecule has 3 atom stereocenters. The Balaban J connectivity index is 1.69. The Morgan fingerprint density at radius 3 is 2.23 bits per heavy atom. The van der Waals surface area contributed by atoms with Gasteiger partial charge in [-0.25, -0.2) is 0 Å². The molecule has 160 valence electrons. The molecule has 1 aromatic carbocycles. The molecule has 1 fully saturated rings. The van der Waals surface area contributed by atoms with E-state index in [1.165, 1.54) is 16.8 Å². The number of rotatable bonds is 7. The topological polar surface area (TPSA) is 86.8 Å². The van der Waals surface area contributed by atoms with Crippen molar-refractivity contribution in [1.29, 1.82) is 0 Å². The number of fused-ring (bicyclic) bond motifs is 1. The average molecular weight is 432 g/mol.